The third-order valence-electron chi connectivity index (χ3n) is 5.09. The zero-order chi connectivity index (χ0) is 18.1. The number of aryl methyl sites for hydroxylation is 1. The Morgan fingerprint density at radius 3 is 2.68 bits per heavy atom. The first kappa shape index (κ1) is 22.2. The van der Waals surface area contributed by atoms with Crippen molar-refractivity contribution in [3.05, 3.63) is 65.5 Å². The molecule has 1 aromatic heterocycles. The first-order valence-electron chi connectivity index (χ1n) is 8.82. The van der Waals surface area contributed by atoms with Gasteiger partial charge < -0.3 is 20.7 Å². The molecule has 1 aliphatic rings. The number of imidazole rings is 1. The molecule has 0 bridgehead atoms. The lowest BCUT2D eigenvalue weighted by molar-refractivity contribution is 0.0290. The van der Waals surface area contributed by atoms with Crippen molar-refractivity contribution in [1.29, 1.82) is 0 Å². The highest BCUT2D eigenvalue weighted by Crippen LogP contribution is 2.31. The second kappa shape index (κ2) is 8.92. The fourth-order valence-electron chi connectivity index (χ4n) is 3.71. The van der Waals surface area contributed by atoms with Crippen molar-refractivity contribution in [1.82, 2.24) is 20.6 Å². The second-order valence-electron chi connectivity index (χ2n) is 6.82. The molecule has 2 aromatic carbocycles. The number of nitrogens with zero attached hydrogens (tertiary/aromatic N) is 1. The molecule has 3 aromatic rings. The van der Waals surface area contributed by atoms with Gasteiger partial charge in [0, 0.05) is 12.1 Å². The highest BCUT2D eigenvalue weighted by molar-refractivity contribution is 5.98. The van der Waals surface area contributed by atoms with Crippen LogP contribution in [0.5, 0.6) is 0 Å². The van der Waals surface area contributed by atoms with Crippen LogP contribution >= 0.6 is 24.8 Å². The molecule has 0 aliphatic carbocycles. The van der Waals surface area contributed by atoms with Crippen LogP contribution in [0.1, 0.15) is 28.2 Å². The average molecular weight is 423 g/mol. The third-order valence-corrected chi connectivity index (χ3v) is 5.09. The lowest BCUT2D eigenvalue weighted by atomic mass is 9.79. The number of halogens is 2. The summed E-state index contributed by atoms with van der Waals surface area (Å²) in [6, 6.07) is 15.1. The summed E-state index contributed by atoms with van der Waals surface area (Å²) < 4.78 is 0. The van der Waals surface area contributed by atoms with Crippen LogP contribution in [0.25, 0.3) is 11.0 Å². The number of benzene rings is 2. The van der Waals surface area contributed by atoms with Crippen molar-refractivity contribution in [2.45, 2.75) is 25.0 Å². The molecule has 1 amide bonds. The first-order valence-corrected chi connectivity index (χ1v) is 8.82. The summed E-state index contributed by atoms with van der Waals surface area (Å²) in [5.74, 6) is 0.607. The summed E-state index contributed by atoms with van der Waals surface area (Å²) in [7, 11) is 0. The fourth-order valence-corrected chi connectivity index (χ4v) is 3.71. The van der Waals surface area contributed by atoms with Crippen molar-refractivity contribution in [3.63, 3.8) is 0 Å². The number of carbonyl (C=O) groups excluding carboxylic acids is 1. The Morgan fingerprint density at radius 1 is 1.21 bits per heavy atom. The topological polar surface area (TPSA) is 90.0 Å². The Morgan fingerprint density at radius 2 is 1.96 bits per heavy atom. The van der Waals surface area contributed by atoms with E-state index in [1.165, 1.54) is 0 Å². The van der Waals surface area contributed by atoms with E-state index >= 15 is 0 Å². The Hall–Kier alpha value is -2.12. The maximum absolute atomic E-state index is 13.0. The lowest BCUT2D eigenvalue weighted by Crippen LogP contribution is -2.61. The van der Waals surface area contributed by atoms with Gasteiger partial charge in [-0.2, -0.15) is 0 Å². The van der Waals surface area contributed by atoms with Gasteiger partial charge in [0.05, 0.1) is 22.7 Å². The summed E-state index contributed by atoms with van der Waals surface area (Å²) in [6.07, 6.45) is -0.0873. The van der Waals surface area contributed by atoms with Crippen LogP contribution in [0.15, 0.2) is 48.5 Å². The van der Waals surface area contributed by atoms with Gasteiger partial charge in [0.2, 0.25) is 0 Å². The average Bonchev–Trinajstić information content (AvgIpc) is 3.03. The Kier molecular flexibility index (Phi) is 7.06. The van der Waals surface area contributed by atoms with Gasteiger partial charge in [-0.1, -0.05) is 30.3 Å². The minimum Gasteiger partial charge on any atom is -0.389 e. The van der Waals surface area contributed by atoms with E-state index in [9.17, 15) is 9.90 Å². The number of piperidine rings is 1. The van der Waals surface area contributed by atoms with Crippen LogP contribution < -0.4 is 10.6 Å². The van der Waals surface area contributed by atoms with E-state index in [1.807, 2.05) is 43.3 Å². The molecule has 150 valence electrons. The molecular weight excluding hydrogens is 399 g/mol. The Balaban J connectivity index is 0.00000140. The number of β-amino-alcohol motifs (C(OH)–C–C–N with tert-alkyl or cyclic N) is 1. The molecule has 6 nitrogen and oxygen atoms in total. The van der Waals surface area contributed by atoms with E-state index in [2.05, 4.69) is 20.6 Å². The third kappa shape index (κ3) is 4.00. The summed E-state index contributed by atoms with van der Waals surface area (Å²) in [5, 5.41) is 17.1. The van der Waals surface area contributed by atoms with Gasteiger partial charge in [0.1, 0.15) is 5.82 Å². The minimum atomic E-state index is -0.803. The number of carbonyl (C=O) groups is 1. The van der Waals surface area contributed by atoms with E-state index in [-0.39, 0.29) is 30.7 Å². The van der Waals surface area contributed by atoms with Crippen molar-refractivity contribution < 1.29 is 9.90 Å². The van der Waals surface area contributed by atoms with Gasteiger partial charge in [0.25, 0.3) is 5.91 Å². The van der Waals surface area contributed by atoms with Gasteiger partial charge in [-0.05, 0) is 43.7 Å². The van der Waals surface area contributed by atoms with Crippen LogP contribution in [0.3, 0.4) is 0 Å². The summed E-state index contributed by atoms with van der Waals surface area (Å²) >= 11 is 0. The number of H-pyrrole nitrogens is 1. The van der Waals surface area contributed by atoms with Crippen LogP contribution in [0.2, 0.25) is 0 Å². The number of amides is 1. The second-order valence-corrected chi connectivity index (χ2v) is 6.82. The highest BCUT2D eigenvalue weighted by atomic mass is 35.5. The van der Waals surface area contributed by atoms with Gasteiger partial charge in [0.15, 0.2) is 0 Å². The standard InChI is InChI=1S/C20H22N4O2.2ClH/c1-13-22-16-8-7-14(11-17(16)23-13)19(26)24-20(9-10-21-12-18(20)25)15-5-3-2-4-6-15;;/h2-8,11,18,21,25H,9-10,12H2,1H3,(H,22,23)(H,24,26);2*1H/t18-,20-;;/m1../s1. The molecule has 0 radical (unpaired) electrons. The van der Waals surface area contributed by atoms with Crippen molar-refractivity contribution in [2.24, 2.45) is 0 Å². The highest BCUT2D eigenvalue weighted by Gasteiger charge is 2.42. The van der Waals surface area contributed by atoms with Crippen LogP contribution in [-0.2, 0) is 5.54 Å². The maximum atomic E-state index is 13.0. The molecule has 1 aliphatic heterocycles. The number of fused-ring (bicyclic) bond motifs is 1. The predicted molar refractivity (Wildman–Crippen MR) is 114 cm³/mol. The van der Waals surface area contributed by atoms with Crippen molar-refractivity contribution in [3.8, 4) is 0 Å². The molecule has 0 unspecified atom stereocenters. The van der Waals surface area contributed by atoms with E-state index in [0.29, 0.717) is 18.5 Å². The summed E-state index contributed by atoms with van der Waals surface area (Å²) in [4.78, 5) is 20.5. The molecule has 28 heavy (non-hydrogen) atoms. The quantitative estimate of drug-likeness (QED) is 0.522. The fraction of sp³-hybridized carbons (Fsp3) is 0.300. The number of aliphatic hydroxyl groups excluding tert-OH is 1. The smallest absolute Gasteiger partial charge is 0.252 e. The molecule has 0 saturated carbocycles. The van der Waals surface area contributed by atoms with E-state index in [1.54, 1.807) is 12.1 Å². The Labute approximate surface area is 176 Å². The maximum Gasteiger partial charge on any atom is 0.252 e. The number of aromatic nitrogens is 2. The monoisotopic (exact) mass is 422 g/mol. The van der Waals surface area contributed by atoms with Crippen molar-refractivity contribution in [2.75, 3.05) is 13.1 Å². The zero-order valence-corrected chi connectivity index (χ0v) is 17.1. The van der Waals surface area contributed by atoms with Gasteiger partial charge in [-0.3, -0.25) is 4.79 Å². The number of rotatable bonds is 3. The number of nitrogens with one attached hydrogen (secondary N) is 3. The minimum absolute atomic E-state index is 0. The first-order chi connectivity index (χ1) is 12.6. The molecule has 2 atom stereocenters. The number of hydrogen-bond donors (Lipinski definition) is 4. The molecule has 0 spiro atoms. The number of aromatic amines is 1. The van der Waals surface area contributed by atoms with E-state index in [4.69, 9.17) is 0 Å². The van der Waals surface area contributed by atoms with Gasteiger partial charge >= 0.3 is 0 Å². The molecule has 1 saturated heterocycles. The molecule has 2 heterocycles. The number of aliphatic hydroxyl groups is 1. The molecule has 4 N–H and O–H groups in total. The summed E-state index contributed by atoms with van der Waals surface area (Å²) in [6.45, 7) is 3.05. The van der Waals surface area contributed by atoms with E-state index in [0.717, 1.165) is 29.0 Å². The van der Waals surface area contributed by atoms with Gasteiger partial charge in [-0.25, -0.2) is 4.98 Å². The van der Waals surface area contributed by atoms with Crippen LogP contribution in [0, 0.1) is 6.92 Å². The van der Waals surface area contributed by atoms with E-state index < -0.39 is 11.6 Å². The molecular formula is C20H24Cl2N4O2. The number of hydrogen-bond acceptors (Lipinski definition) is 4. The lowest BCUT2D eigenvalue weighted by Gasteiger charge is -2.43. The summed E-state index contributed by atoms with van der Waals surface area (Å²) in [5.41, 5.74) is 2.32. The molecule has 8 heteroatoms. The largest absolute Gasteiger partial charge is 0.389 e. The SMILES string of the molecule is Cc1nc2ccc(C(=O)N[C@@]3(c4ccccc4)CCNC[C@H]3O)cc2[nH]1.Cl.Cl. The Bertz CT molecular complexity index is 948. The van der Waals surface area contributed by atoms with Crippen LogP contribution in [-0.4, -0.2) is 40.2 Å². The van der Waals surface area contributed by atoms with Crippen molar-refractivity contribution >= 4 is 41.8 Å². The molecule has 4 rings (SSSR count). The predicted octanol–water partition coefficient (Wildman–Crippen LogP) is 2.69. The normalized spacial score (nSPS) is 21.4. The van der Waals surface area contributed by atoms with Crippen LogP contribution in [0.4, 0.5) is 0 Å². The zero-order valence-electron chi connectivity index (χ0n) is 15.4. The molecule has 1 fully saturated rings. The van der Waals surface area contributed by atoms with Gasteiger partial charge in [-0.15, -0.1) is 24.8 Å².